The minimum Gasteiger partial charge on any atom is -0.197 e. The molecule has 2 heteroatoms. The fourth-order valence-electron chi connectivity index (χ4n) is 1.38. The van der Waals surface area contributed by atoms with Crippen molar-refractivity contribution >= 4 is 11.8 Å². The first kappa shape index (κ1) is 9.61. The zero-order chi connectivity index (χ0) is 10.2. The van der Waals surface area contributed by atoms with Crippen molar-refractivity contribution in [3.63, 3.8) is 0 Å². The van der Waals surface area contributed by atoms with Crippen molar-refractivity contribution < 1.29 is 0 Å². The highest BCUT2D eigenvalue weighted by atomic mass is 32.2. The van der Waals surface area contributed by atoms with Crippen LogP contribution in [0.5, 0.6) is 0 Å². The maximum Gasteiger partial charge on any atom is 0.107 e. The van der Waals surface area contributed by atoms with E-state index in [1.54, 1.807) is 11.8 Å². The van der Waals surface area contributed by atoms with Crippen LogP contribution in [0.1, 0.15) is 24.0 Å². The molecular weight excluding hydrogens is 190 g/mol. The molecule has 0 spiro atoms. The zero-order valence-electron chi connectivity index (χ0n) is 8.50. The molecule has 1 aromatic rings. The lowest BCUT2D eigenvalue weighted by Crippen LogP contribution is -1.97. The molecule has 1 fully saturated rings. The molecule has 14 heavy (non-hydrogen) atoms. The second-order valence-corrected chi connectivity index (χ2v) is 5.40. The van der Waals surface area contributed by atoms with Gasteiger partial charge >= 0.3 is 0 Å². The van der Waals surface area contributed by atoms with Gasteiger partial charge in [0.2, 0.25) is 0 Å². The fourth-order valence-corrected chi connectivity index (χ4v) is 2.62. The Morgan fingerprint density at radius 1 is 1.36 bits per heavy atom. The number of rotatable bonds is 2. The monoisotopic (exact) mass is 203 g/mol. The van der Waals surface area contributed by atoms with Crippen molar-refractivity contribution in [1.29, 1.82) is 5.26 Å². The van der Waals surface area contributed by atoms with E-state index < -0.39 is 0 Å². The average Bonchev–Trinajstić information content (AvgIpc) is 2.92. The van der Waals surface area contributed by atoms with E-state index in [1.165, 1.54) is 16.0 Å². The number of nitrogens with zero attached hydrogens (tertiary/aromatic N) is 1. The Bertz CT molecular complexity index is 399. The Balaban J connectivity index is 2.25. The predicted molar refractivity (Wildman–Crippen MR) is 59.4 cm³/mol. The van der Waals surface area contributed by atoms with Gasteiger partial charge in [0.15, 0.2) is 0 Å². The lowest BCUT2D eigenvalue weighted by Gasteiger charge is -2.09. The first-order valence-corrected chi connectivity index (χ1v) is 5.64. The van der Waals surface area contributed by atoms with Crippen LogP contribution in [0, 0.1) is 25.2 Å². The zero-order valence-corrected chi connectivity index (χ0v) is 9.32. The summed E-state index contributed by atoms with van der Waals surface area (Å²) in [6.07, 6.45) is 2.09. The smallest absolute Gasteiger partial charge is 0.107 e. The van der Waals surface area contributed by atoms with Gasteiger partial charge < -0.3 is 0 Å². The molecular formula is C12H13NS. The highest BCUT2D eigenvalue weighted by Gasteiger charge is 2.44. The van der Waals surface area contributed by atoms with Crippen LogP contribution in [0.25, 0.3) is 0 Å². The maximum absolute atomic E-state index is 9.01. The van der Waals surface area contributed by atoms with Gasteiger partial charge in [0, 0.05) is 4.90 Å². The quantitative estimate of drug-likeness (QED) is 0.735. The minimum atomic E-state index is -0.0987. The van der Waals surface area contributed by atoms with Crippen molar-refractivity contribution in [1.82, 2.24) is 0 Å². The summed E-state index contributed by atoms with van der Waals surface area (Å²) in [7, 11) is 0. The summed E-state index contributed by atoms with van der Waals surface area (Å²) in [6, 6.07) is 8.84. The molecule has 0 heterocycles. The Labute approximate surface area is 89.1 Å². The Kier molecular flexibility index (Phi) is 2.28. The van der Waals surface area contributed by atoms with E-state index in [0.717, 1.165) is 12.8 Å². The third kappa shape index (κ3) is 1.78. The first-order valence-electron chi connectivity index (χ1n) is 4.83. The van der Waals surface area contributed by atoms with Crippen LogP contribution in [-0.4, -0.2) is 4.75 Å². The molecule has 0 saturated heterocycles. The average molecular weight is 203 g/mol. The summed E-state index contributed by atoms with van der Waals surface area (Å²) in [5, 5.41) is 9.01. The topological polar surface area (TPSA) is 23.8 Å². The van der Waals surface area contributed by atoms with Gasteiger partial charge in [-0.05, 0) is 38.3 Å². The third-order valence-corrected chi connectivity index (χ3v) is 4.11. The normalized spacial score (nSPS) is 17.5. The fraction of sp³-hybridized carbons (Fsp3) is 0.417. The highest BCUT2D eigenvalue weighted by Crippen LogP contribution is 2.51. The van der Waals surface area contributed by atoms with E-state index in [2.05, 4.69) is 38.1 Å². The van der Waals surface area contributed by atoms with Gasteiger partial charge in [-0.3, -0.25) is 0 Å². The molecule has 0 unspecified atom stereocenters. The van der Waals surface area contributed by atoms with E-state index in [-0.39, 0.29) is 4.75 Å². The number of benzene rings is 1. The van der Waals surface area contributed by atoms with Crippen LogP contribution in [0.4, 0.5) is 0 Å². The first-order chi connectivity index (χ1) is 6.65. The van der Waals surface area contributed by atoms with Gasteiger partial charge in [-0.1, -0.05) is 17.7 Å². The van der Waals surface area contributed by atoms with Crippen molar-refractivity contribution in [2.45, 2.75) is 36.3 Å². The molecule has 0 amide bonds. The van der Waals surface area contributed by atoms with Gasteiger partial charge in [0.05, 0.1) is 6.07 Å². The van der Waals surface area contributed by atoms with Crippen LogP contribution >= 0.6 is 11.8 Å². The molecule has 0 N–H and O–H groups in total. The molecule has 0 aliphatic heterocycles. The standard InChI is InChI=1S/C12H13NS/c1-9-3-4-10(2)11(7-9)14-12(8-13)5-6-12/h3-4,7H,5-6H2,1-2H3. The van der Waals surface area contributed by atoms with Gasteiger partial charge in [0.25, 0.3) is 0 Å². The van der Waals surface area contributed by atoms with Crippen molar-refractivity contribution in [3.8, 4) is 6.07 Å². The summed E-state index contributed by atoms with van der Waals surface area (Å²) in [5.74, 6) is 0. The van der Waals surface area contributed by atoms with Crippen LogP contribution in [0.15, 0.2) is 23.1 Å². The van der Waals surface area contributed by atoms with E-state index in [4.69, 9.17) is 5.26 Å². The molecule has 1 aliphatic carbocycles. The van der Waals surface area contributed by atoms with Crippen LogP contribution < -0.4 is 0 Å². The summed E-state index contributed by atoms with van der Waals surface area (Å²) in [5.41, 5.74) is 2.55. The molecule has 0 bridgehead atoms. The Morgan fingerprint density at radius 2 is 2.07 bits per heavy atom. The molecule has 0 radical (unpaired) electrons. The van der Waals surface area contributed by atoms with Gasteiger partial charge in [-0.25, -0.2) is 0 Å². The number of aryl methyl sites for hydroxylation is 2. The van der Waals surface area contributed by atoms with E-state index in [0.29, 0.717) is 0 Å². The van der Waals surface area contributed by atoms with Crippen molar-refractivity contribution in [2.75, 3.05) is 0 Å². The molecule has 1 aliphatic rings. The van der Waals surface area contributed by atoms with Gasteiger partial charge in [-0.15, -0.1) is 11.8 Å². The molecule has 1 nitrogen and oxygen atoms in total. The largest absolute Gasteiger partial charge is 0.197 e. The van der Waals surface area contributed by atoms with Crippen LogP contribution in [-0.2, 0) is 0 Å². The molecule has 0 aromatic heterocycles. The molecule has 1 saturated carbocycles. The molecule has 1 aromatic carbocycles. The number of thioether (sulfide) groups is 1. The molecule has 0 atom stereocenters. The number of hydrogen-bond donors (Lipinski definition) is 0. The van der Waals surface area contributed by atoms with Crippen molar-refractivity contribution in [3.05, 3.63) is 29.3 Å². The maximum atomic E-state index is 9.01. The van der Waals surface area contributed by atoms with Crippen LogP contribution in [0.2, 0.25) is 0 Å². The number of nitriles is 1. The van der Waals surface area contributed by atoms with Crippen LogP contribution in [0.3, 0.4) is 0 Å². The highest BCUT2D eigenvalue weighted by molar-refractivity contribution is 8.01. The summed E-state index contributed by atoms with van der Waals surface area (Å²) in [6.45, 7) is 4.20. The van der Waals surface area contributed by atoms with E-state index in [1.807, 2.05) is 0 Å². The molecule has 72 valence electrons. The SMILES string of the molecule is Cc1ccc(C)c(SC2(C#N)CC2)c1. The van der Waals surface area contributed by atoms with E-state index in [9.17, 15) is 0 Å². The second-order valence-electron chi connectivity index (χ2n) is 3.98. The summed E-state index contributed by atoms with van der Waals surface area (Å²) >= 11 is 1.74. The summed E-state index contributed by atoms with van der Waals surface area (Å²) < 4.78 is -0.0987. The predicted octanol–water partition coefficient (Wildman–Crippen LogP) is 3.45. The van der Waals surface area contributed by atoms with E-state index >= 15 is 0 Å². The van der Waals surface area contributed by atoms with Crippen molar-refractivity contribution in [2.24, 2.45) is 0 Å². The van der Waals surface area contributed by atoms with Gasteiger partial charge in [0.1, 0.15) is 4.75 Å². The second kappa shape index (κ2) is 3.33. The summed E-state index contributed by atoms with van der Waals surface area (Å²) in [4.78, 5) is 1.27. The van der Waals surface area contributed by atoms with Gasteiger partial charge in [-0.2, -0.15) is 5.26 Å². The lowest BCUT2D eigenvalue weighted by atomic mass is 10.2. The Morgan fingerprint density at radius 3 is 2.64 bits per heavy atom. The third-order valence-electron chi connectivity index (χ3n) is 2.56. The molecule has 2 rings (SSSR count). The number of hydrogen-bond acceptors (Lipinski definition) is 2. The minimum absolute atomic E-state index is 0.0987. The lowest BCUT2D eigenvalue weighted by molar-refractivity contribution is 1.17. The Hall–Kier alpha value is -0.940.